The van der Waals surface area contributed by atoms with E-state index in [0.29, 0.717) is 19.4 Å². The first-order chi connectivity index (χ1) is 5.77. The molecule has 0 spiro atoms. The third-order valence-corrected chi connectivity index (χ3v) is 1.73. The van der Waals surface area contributed by atoms with Crippen molar-refractivity contribution in [1.82, 2.24) is 0 Å². The summed E-state index contributed by atoms with van der Waals surface area (Å²) in [5, 5.41) is 0. The maximum atomic E-state index is 13.0. The molecule has 80 valence electrons. The standard InChI is InChI=1S/C10H20F2O/c1-9(2,12)6-5-7-13-10(3,4)8-11/h5-8H2,1-4H3. The highest BCUT2D eigenvalue weighted by molar-refractivity contribution is 4.68. The first-order valence-corrected chi connectivity index (χ1v) is 4.66. The monoisotopic (exact) mass is 194 g/mol. The van der Waals surface area contributed by atoms with Crippen molar-refractivity contribution >= 4 is 0 Å². The van der Waals surface area contributed by atoms with Crippen LogP contribution in [0, 0.1) is 0 Å². The Morgan fingerprint density at radius 2 is 1.69 bits per heavy atom. The summed E-state index contributed by atoms with van der Waals surface area (Å²) in [4.78, 5) is 0. The molecule has 0 aliphatic carbocycles. The van der Waals surface area contributed by atoms with E-state index in [1.165, 1.54) is 13.8 Å². The molecule has 0 bridgehead atoms. The molecule has 0 N–H and O–H groups in total. The van der Waals surface area contributed by atoms with Crippen molar-refractivity contribution in [1.29, 1.82) is 0 Å². The molecule has 0 heterocycles. The van der Waals surface area contributed by atoms with E-state index in [1.807, 2.05) is 0 Å². The second-order valence-electron chi connectivity index (χ2n) is 4.56. The predicted molar refractivity (Wildman–Crippen MR) is 50.4 cm³/mol. The van der Waals surface area contributed by atoms with E-state index in [-0.39, 0.29) is 0 Å². The van der Waals surface area contributed by atoms with Crippen LogP contribution in [0.3, 0.4) is 0 Å². The van der Waals surface area contributed by atoms with Crippen LogP contribution in [0.15, 0.2) is 0 Å². The lowest BCUT2D eigenvalue weighted by atomic mass is 10.1. The van der Waals surface area contributed by atoms with E-state index >= 15 is 0 Å². The molecule has 0 aromatic carbocycles. The SMILES string of the molecule is CC(C)(F)CCCOC(C)(C)CF. The summed E-state index contributed by atoms with van der Waals surface area (Å²) in [6.07, 6.45) is 1.09. The molecular formula is C10H20F2O. The van der Waals surface area contributed by atoms with Crippen molar-refractivity contribution in [3.8, 4) is 0 Å². The Labute approximate surface area is 79.5 Å². The summed E-state index contributed by atoms with van der Waals surface area (Å²) in [6.45, 7) is 6.36. The van der Waals surface area contributed by atoms with Gasteiger partial charge in [0.2, 0.25) is 0 Å². The summed E-state index contributed by atoms with van der Waals surface area (Å²) >= 11 is 0. The fourth-order valence-electron chi connectivity index (χ4n) is 0.880. The molecule has 0 saturated heterocycles. The van der Waals surface area contributed by atoms with Gasteiger partial charge >= 0.3 is 0 Å². The largest absolute Gasteiger partial charge is 0.373 e. The van der Waals surface area contributed by atoms with Crippen molar-refractivity contribution in [3.63, 3.8) is 0 Å². The maximum absolute atomic E-state index is 13.0. The second kappa shape index (κ2) is 4.89. The Kier molecular flexibility index (Phi) is 4.82. The maximum Gasteiger partial charge on any atom is 0.118 e. The van der Waals surface area contributed by atoms with Crippen LogP contribution in [-0.4, -0.2) is 24.6 Å². The fraction of sp³-hybridized carbons (Fsp3) is 1.00. The number of halogens is 2. The molecule has 13 heavy (non-hydrogen) atoms. The number of hydrogen-bond acceptors (Lipinski definition) is 1. The van der Waals surface area contributed by atoms with Crippen molar-refractivity contribution < 1.29 is 13.5 Å². The van der Waals surface area contributed by atoms with Gasteiger partial charge in [-0.05, 0) is 40.5 Å². The summed E-state index contributed by atoms with van der Waals surface area (Å²) in [5.74, 6) is 0. The Bertz CT molecular complexity index is 138. The molecule has 0 aliphatic rings. The molecule has 0 atom stereocenters. The quantitative estimate of drug-likeness (QED) is 0.589. The highest BCUT2D eigenvalue weighted by Crippen LogP contribution is 2.17. The first kappa shape index (κ1) is 12.8. The van der Waals surface area contributed by atoms with Gasteiger partial charge in [0.05, 0.1) is 5.60 Å². The van der Waals surface area contributed by atoms with Crippen LogP contribution in [0.25, 0.3) is 0 Å². The van der Waals surface area contributed by atoms with Crippen LogP contribution in [0.4, 0.5) is 8.78 Å². The van der Waals surface area contributed by atoms with Crippen LogP contribution in [0.1, 0.15) is 40.5 Å². The predicted octanol–water partition coefficient (Wildman–Crippen LogP) is 3.28. The minimum absolute atomic E-state index is 0.421. The molecule has 0 rings (SSSR count). The fourth-order valence-corrected chi connectivity index (χ4v) is 0.880. The summed E-state index contributed by atoms with van der Waals surface area (Å²) in [5.41, 5.74) is -1.87. The van der Waals surface area contributed by atoms with Crippen LogP contribution in [-0.2, 0) is 4.74 Å². The van der Waals surface area contributed by atoms with Crippen molar-refractivity contribution in [2.24, 2.45) is 0 Å². The van der Waals surface area contributed by atoms with Gasteiger partial charge in [-0.3, -0.25) is 0 Å². The minimum Gasteiger partial charge on any atom is -0.373 e. The number of hydrogen-bond donors (Lipinski definition) is 0. The molecule has 0 saturated carbocycles. The lowest BCUT2D eigenvalue weighted by molar-refractivity contribution is -0.0377. The summed E-state index contributed by atoms with van der Waals surface area (Å²) in [6, 6.07) is 0. The van der Waals surface area contributed by atoms with E-state index in [4.69, 9.17) is 4.74 Å². The second-order valence-corrected chi connectivity index (χ2v) is 4.56. The molecular weight excluding hydrogens is 174 g/mol. The van der Waals surface area contributed by atoms with Crippen molar-refractivity contribution in [2.75, 3.05) is 13.3 Å². The first-order valence-electron chi connectivity index (χ1n) is 4.66. The van der Waals surface area contributed by atoms with Crippen LogP contribution < -0.4 is 0 Å². The molecule has 3 heteroatoms. The third kappa shape index (κ3) is 8.16. The van der Waals surface area contributed by atoms with Gasteiger partial charge in [0, 0.05) is 6.61 Å². The molecule has 0 amide bonds. The van der Waals surface area contributed by atoms with E-state index in [9.17, 15) is 8.78 Å². The average Bonchev–Trinajstić information content (AvgIpc) is 1.97. The Morgan fingerprint density at radius 1 is 1.15 bits per heavy atom. The molecule has 0 fully saturated rings. The number of alkyl halides is 2. The van der Waals surface area contributed by atoms with Gasteiger partial charge in [-0.15, -0.1) is 0 Å². The van der Waals surface area contributed by atoms with Gasteiger partial charge in [-0.1, -0.05) is 0 Å². The van der Waals surface area contributed by atoms with Gasteiger partial charge in [0.15, 0.2) is 0 Å². The molecule has 0 aromatic heterocycles. The molecule has 1 nitrogen and oxygen atoms in total. The molecule has 0 unspecified atom stereocenters. The smallest absolute Gasteiger partial charge is 0.118 e. The summed E-state index contributed by atoms with van der Waals surface area (Å²) in [7, 11) is 0. The van der Waals surface area contributed by atoms with E-state index in [1.54, 1.807) is 13.8 Å². The van der Waals surface area contributed by atoms with Gasteiger partial charge < -0.3 is 4.74 Å². The molecule has 0 aliphatic heterocycles. The van der Waals surface area contributed by atoms with Crippen LogP contribution >= 0.6 is 0 Å². The lowest BCUT2D eigenvalue weighted by Gasteiger charge is -2.22. The Balaban J connectivity index is 3.47. The zero-order chi connectivity index (χ0) is 10.5. The van der Waals surface area contributed by atoms with E-state index in [0.717, 1.165) is 0 Å². The number of ether oxygens (including phenoxy) is 1. The zero-order valence-electron chi connectivity index (χ0n) is 8.99. The van der Waals surface area contributed by atoms with Crippen LogP contribution in [0.2, 0.25) is 0 Å². The molecule has 0 aromatic rings. The number of rotatable bonds is 6. The average molecular weight is 194 g/mol. The minimum atomic E-state index is -1.15. The van der Waals surface area contributed by atoms with Gasteiger partial charge in [0.25, 0.3) is 0 Å². The zero-order valence-corrected chi connectivity index (χ0v) is 8.99. The lowest BCUT2D eigenvalue weighted by Crippen LogP contribution is -2.27. The topological polar surface area (TPSA) is 9.23 Å². The van der Waals surface area contributed by atoms with Crippen molar-refractivity contribution in [3.05, 3.63) is 0 Å². The third-order valence-electron chi connectivity index (χ3n) is 1.73. The van der Waals surface area contributed by atoms with Gasteiger partial charge in [-0.2, -0.15) is 0 Å². The van der Waals surface area contributed by atoms with Gasteiger partial charge in [-0.25, -0.2) is 8.78 Å². The highest BCUT2D eigenvalue weighted by Gasteiger charge is 2.19. The van der Waals surface area contributed by atoms with E-state index in [2.05, 4.69) is 0 Å². The van der Waals surface area contributed by atoms with Gasteiger partial charge in [0.1, 0.15) is 12.3 Å². The molecule has 0 radical (unpaired) electrons. The Hall–Kier alpha value is -0.180. The van der Waals surface area contributed by atoms with Crippen molar-refractivity contribution in [2.45, 2.75) is 51.8 Å². The Morgan fingerprint density at radius 3 is 2.08 bits per heavy atom. The highest BCUT2D eigenvalue weighted by atomic mass is 19.1. The summed E-state index contributed by atoms with van der Waals surface area (Å²) < 4.78 is 30.4. The van der Waals surface area contributed by atoms with Crippen LogP contribution in [0.5, 0.6) is 0 Å². The normalized spacial score (nSPS) is 13.4. The van der Waals surface area contributed by atoms with E-state index < -0.39 is 17.9 Å².